The second kappa shape index (κ2) is 7.90. The van der Waals surface area contributed by atoms with Crippen LogP contribution in [0.15, 0.2) is 69.9 Å². The summed E-state index contributed by atoms with van der Waals surface area (Å²) in [6.07, 6.45) is 3.43. The van der Waals surface area contributed by atoms with E-state index in [2.05, 4.69) is 15.0 Å². The summed E-state index contributed by atoms with van der Waals surface area (Å²) in [5.74, 6) is -0.244. The molecule has 134 valence electrons. The zero-order valence-electron chi connectivity index (χ0n) is 13.7. The maximum atomic E-state index is 12.4. The first-order valence-corrected chi connectivity index (χ1v) is 11.0. The van der Waals surface area contributed by atoms with Crippen LogP contribution in [0.5, 0.6) is 0 Å². The number of thiazole rings is 1. The summed E-state index contributed by atoms with van der Waals surface area (Å²) in [5, 5.41) is 4.76. The Kier molecular flexibility index (Phi) is 5.60. The maximum Gasteiger partial charge on any atom is 0.263 e. The van der Waals surface area contributed by atoms with Crippen LogP contribution in [0.2, 0.25) is 0 Å². The first-order chi connectivity index (χ1) is 12.5. The number of carbonyl (C=O) groups excluding carboxylic acids is 1. The van der Waals surface area contributed by atoms with Crippen molar-refractivity contribution < 1.29 is 13.2 Å². The van der Waals surface area contributed by atoms with Crippen LogP contribution in [-0.4, -0.2) is 25.6 Å². The number of aromatic nitrogens is 1. The molecule has 26 heavy (non-hydrogen) atoms. The molecule has 1 aromatic heterocycles. The van der Waals surface area contributed by atoms with Gasteiger partial charge in [0.05, 0.1) is 10.5 Å². The molecule has 0 unspecified atom stereocenters. The Morgan fingerprint density at radius 1 is 1.12 bits per heavy atom. The van der Waals surface area contributed by atoms with E-state index in [9.17, 15) is 13.2 Å². The molecule has 6 nitrogen and oxygen atoms in total. The van der Waals surface area contributed by atoms with Gasteiger partial charge in [-0.3, -0.25) is 9.52 Å². The van der Waals surface area contributed by atoms with Gasteiger partial charge in [0.15, 0.2) is 5.13 Å². The van der Waals surface area contributed by atoms with Crippen LogP contribution in [0, 0.1) is 0 Å². The van der Waals surface area contributed by atoms with Crippen molar-refractivity contribution in [2.24, 2.45) is 0 Å². The number of sulfonamides is 1. The van der Waals surface area contributed by atoms with Gasteiger partial charge in [-0.15, -0.1) is 23.1 Å². The minimum absolute atomic E-state index is 0.0928. The van der Waals surface area contributed by atoms with Gasteiger partial charge in [0.25, 0.3) is 15.9 Å². The van der Waals surface area contributed by atoms with Crippen molar-refractivity contribution in [3.8, 4) is 0 Å². The van der Waals surface area contributed by atoms with Crippen LogP contribution in [0.3, 0.4) is 0 Å². The normalized spacial score (nSPS) is 11.1. The summed E-state index contributed by atoms with van der Waals surface area (Å²) in [7, 11) is -3.71. The number of hydrogen-bond donors (Lipinski definition) is 2. The fourth-order valence-electron chi connectivity index (χ4n) is 2.20. The van der Waals surface area contributed by atoms with Gasteiger partial charge >= 0.3 is 0 Å². The average molecular weight is 406 g/mol. The zero-order chi connectivity index (χ0) is 18.6. The number of thioether (sulfide) groups is 1. The van der Waals surface area contributed by atoms with Gasteiger partial charge in [-0.2, -0.15) is 0 Å². The van der Waals surface area contributed by atoms with Gasteiger partial charge < -0.3 is 5.32 Å². The molecule has 3 aromatic rings. The fourth-order valence-corrected chi connectivity index (χ4v) is 4.58. The van der Waals surface area contributed by atoms with Crippen molar-refractivity contribution in [1.29, 1.82) is 0 Å². The second-order valence-electron chi connectivity index (χ2n) is 5.12. The van der Waals surface area contributed by atoms with Crippen LogP contribution in [0.4, 0.5) is 10.8 Å². The molecule has 0 aliphatic heterocycles. The summed E-state index contributed by atoms with van der Waals surface area (Å²) < 4.78 is 27.0. The average Bonchev–Trinajstić information content (AvgIpc) is 3.14. The maximum absolute atomic E-state index is 12.4. The van der Waals surface area contributed by atoms with Gasteiger partial charge in [0, 0.05) is 22.2 Å². The van der Waals surface area contributed by atoms with E-state index in [0.717, 1.165) is 4.90 Å². The van der Waals surface area contributed by atoms with Gasteiger partial charge in [0.2, 0.25) is 0 Å². The van der Waals surface area contributed by atoms with E-state index in [4.69, 9.17) is 0 Å². The number of rotatable bonds is 6. The summed E-state index contributed by atoms with van der Waals surface area (Å²) in [5.41, 5.74) is 1.08. The van der Waals surface area contributed by atoms with Crippen LogP contribution < -0.4 is 10.0 Å². The van der Waals surface area contributed by atoms with E-state index in [1.54, 1.807) is 29.6 Å². The molecule has 0 atom stereocenters. The fraction of sp³-hybridized carbons (Fsp3) is 0.0588. The number of nitrogens with one attached hydrogen (secondary N) is 2. The Morgan fingerprint density at radius 3 is 2.50 bits per heavy atom. The number of carbonyl (C=O) groups is 1. The lowest BCUT2D eigenvalue weighted by Crippen LogP contribution is -2.14. The Morgan fingerprint density at radius 2 is 1.85 bits per heavy atom. The molecule has 2 N–H and O–H groups in total. The summed E-state index contributed by atoms with van der Waals surface area (Å²) in [6, 6.07) is 13.3. The molecule has 2 aromatic carbocycles. The third kappa shape index (κ3) is 4.24. The Labute approximate surface area is 159 Å². The first-order valence-electron chi connectivity index (χ1n) is 7.46. The van der Waals surface area contributed by atoms with E-state index >= 15 is 0 Å². The van der Waals surface area contributed by atoms with Gasteiger partial charge in [-0.25, -0.2) is 13.4 Å². The summed E-state index contributed by atoms with van der Waals surface area (Å²) in [6.45, 7) is 0. The smallest absolute Gasteiger partial charge is 0.263 e. The molecule has 0 spiro atoms. The van der Waals surface area contributed by atoms with E-state index < -0.39 is 10.0 Å². The van der Waals surface area contributed by atoms with Crippen molar-refractivity contribution in [1.82, 2.24) is 4.98 Å². The van der Waals surface area contributed by atoms with Crippen LogP contribution in [0.25, 0.3) is 0 Å². The van der Waals surface area contributed by atoms with Crippen LogP contribution >= 0.6 is 23.1 Å². The molecule has 0 fully saturated rings. The number of amides is 1. The van der Waals surface area contributed by atoms with Crippen molar-refractivity contribution in [2.45, 2.75) is 9.79 Å². The molecule has 0 aliphatic rings. The third-order valence-corrected chi connectivity index (χ3v) is 6.40. The van der Waals surface area contributed by atoms with E-state index in [0.29, 0.717) is 16.4 Å². The predicted molar refractivity (Wildman–Crippen MR) is 106 cm³/mol. The monoisotopic (exact) mass is 405 g/mol. The number of benzene rings is 2. The highest BCUT2D eigenvalue weighted by molar-refractivity contribution is 7.98. The van der Waals surface area contributed by atoms with Crippen molar-refractivity contribution in [3.63, 3.8) is 0 Å². The largest absolute Gasteiger partial charge is 0.322 e. The molecule has 0 saturated carbocycles. The third-order valence-electron chi connectivity index (χ3n) is 3.43. The van der Waals surface area contributed by atoms with Crippen LogP contribution in [-0.2, 0) is 10.0 Å². The molecule has 0 saturated heterocycles. The highest BCUT2D eigenvalue weighted by atomic mass is 32.2. The first kappa shape index (κ1) is 18.4. The Bertz CT molecular complexity index is 1000. The summed E-state index contributed by atoms with van der Waals surface area (Å²) >= 11 is 2.69. The van der Waals surface area contributed by atoms with Crippen molar-refractivity contribution in [3.05, 3.63) is 65.7 Å². The molecule has 9 heteroatoms. The molecule has 0 bridgehead atoms. The SMILES string of the molecule is CSc1ccccc1C(=O)Nc1ccc(S(=O)(=O)Nc2nccs2)cc1. The lowest BCUT2D eigenvalue weighted by molar-refractivity contribution is 0.102. The van der Waals surface area contributed by atoms with Crippen molar-refractivity contribution in [2.75, 3.05) is 16.3 Å². The Balaban J connectivity index is 1.74. The highest BCUT2D eigenvalue weighted by Crippen LogP contribution is 2.22. The topological polar surface area (TPSA) is 88.2 Å². The second-order valence-corrected chi connectivity index (χ2v) is 8.55. The molecule has 3 rings (SSSR count). The lowest BCUT2D eigenvalue weighted by Gasteiger charge is -2.10. The Hall–Kier alpha value is -2.36. The van der Waals surface area contributed by atoms with Gasteiger partial charge in [-0.05, 0) is 42.7 Å². The number of hydrogen-bond acceptors (Lipinski definition) is 6. The van der Waals surface area contributed by atoms with E-state index in [1.165, 1.54) is 41.4 Å². The highest BCUT2D eigenvalue weighted by Gasteiger charge is 2.16. The zero-order valence-corrected chi connectivity index (χ0v) is 16.1. The number of nitrogens with zero attached hydrogens (tertiary/aromatic N) is 1. The molecule has 1 amide bonds. The molecular formula is C17H15N3O3S3. The quantitative estimate of drug-likeness (QED) is 0.607. The predicted octanol–water partition coefficient (Wildman–Crippen LogP) is 3.92. The standard InChI is InChI=1S/C17H15N3O3S3/c1-24-15-5-3-2-4-14(15)16(21)19-12-6-8-13(9-7-12)26(22,23)20-17-18-10-11-25-17/h2-11H,1H3,(H,18,20)(H,19,21). The molecule has 1 heterocycles. The van der Waals surface area contributed by atoms with E-state index in [1.807, 2.05) is 18.4 Å². The minimum Gasteiger partial charge on any atom is -0.322 e. The van der Waals surface area contributed by atoms with Crippen LogP contribution in [0.1, 0.15) is 10.4 Å². The molecule has 0 aliphatic carbocycles. The molecule has 0 radical (unpaired) electrons. The van der Waals surface area contributed by atoms with Crippen molar-refractivity contribution >= 4 is 49.8 Å². The number of anilines is 2. The summed E-state index contributed by atoms with van der Waals surface area (Å²) in [4.78, 5) is 17.3. The lowest BCUT2D eigenvalue weighted by atomic mass is 10.2. The minimum atomic E-state index is -3.71. The van der Waals surface area contributed by atoms with Gasteiger partial charge in [-0.1, -0.05) is 12.1 Å². The van der Waals surface area contributed by atoms with E-state index in [-0.39, 0.29) is 10.8 Å². The van der Waals surface area contributed by atoms with Gasteiger partial charge in [0.1, 0.15) is 0 Å². The molecular weight excluding hydrogens is 390 g/mol.